The Balaban J connectivity index is 1.30. The lowest BCUT2D eigenvalue weighted by atomic mass is 10.0. The number of nitrogens with one attached hydrogen (secondary N) is 1. The second kappa shape index (κ2) is 8.01. The number of ether oxygens (including phenoxy) is 2. The molecule has 160 valence electrons. The minimum Gasteiger partial charge on any atom is -0.491 e. The second-order valence-corrected chi connectivity index (χ2v) is 7.73. The van der Waals surface area contributed by atoms with Crippen LogP contribution in [0.2, 0.25) is 0 Å². The van der Waals surface area contributed by atoms with Crippen LogP contribution in [0, 0.1) is 5.92 Å². The van der Waals surface area contributed by atoms with Gasteiger partial charge in [-0.2, -0.15) is 0 Å². The van der Waals surface area contributed by atoms with E-state index >= 15 is 0 Å². The van der Waals surface area contributed by atoms with Gasteiger partial charge in [-0.3, -0.25) is 4.84 Å². The molecule has 1 saturated heterocycles. The number of nitrogens with zero attached hydrogens (tertiary/aromatic N) is 4. The van der Waals surface area contributed by atoms with Crippen molar-refractivity contribution >= 4 is 33.6 Å². The molecule has 1 aliphatic heterocycles. The van der Waals surface area contributed by atoms with Gasteiger partial charge in [0.05, 0.1) is 24.1 Å². The molecular weight excluding hydrogens is 396 g/mol. The van der Waals surface area contributed by atoms with E-state index < -0.39 is 0 Å². The van der Waals surface area contributed by atoms with E-state index in [1.807, 2.05) is 41.1 Å². The van der Waals surface area contributed by atoms with Gasteiger partial charge in [0.1, 0.15) is 36.4 Å². The molecule has 0 aliphatic carbocycles. The number of hydrogen-bond donors (Lipinski definition) is 2. The van der Waals surface area contributed by atoms with E-state index in [4.69, 9.17) is 20.0 Å². The Morgan fingerprint density at radius 1 is 1.23 bits per heavy atom. The highest BCUT2D eigenvalue weighted by molar-refractivity contribution is 5.87. The highest BCUT2D eigenvalue weighted by atomic mass is 16.6. The maximum atomic E-state index is 6.34. The predicted octanol–water partition coefficient (Wildman–Crippen LogP) is 3.54. The molecule has 4 heterocycles. The Morgan fingerprint density at radius 2 is 2.10 bits per heavy atom. The number of aromatic nitrogens is 4. The predicted molar refractivity (Wildman–Crippen MR) is 118 cm³/mol. The van der Waals surface area contributed by atoms with Crippen LogP contribution in [0.4, 0.5) is 11.6 Å². The van der Waals surface area contributed by atoms with Crippen LogP contribution in [0.5, 0.6) is 5.75 Å². The Hall–Kier alpha value is -3.43. The second-order valence-electron chi connectivity index (χ2n) is 7.73. The third-order valence-electron chi connectivity index (χ3n) is 5.66. The van der Waals surface area contributed by atoms with Crippen molar-refractivity contribution in [3.63, 3.8) is 0 Å². The summed E-state index contributed by atoms with van der Waals surface area (Å²) in [7, 11) is 1.55. The first-order chi connectivity index (χ1) is 15.1. The molecule has 9 heteroatoms. The van der Waals surface area contributed by atoms with Crippen LogP contribution in [0.25, 0.3) is 21.9 Å². The Kier molecular flexibility index (Phi) is 5.05. The standard InChI is InChI=1S/C22H24N6O3/c1-13-9-20(28-8-7-16-21(27-29-2)24-12-25-22(16)28)31-18(13)11-30-15-5-3-14-4-6-19(23)26-17(14)10-15/h3-8,10,12-13,18,20H,9,11H2,1-2H3,(H2,23,26)(H,24,25,27). The molecule has 3 aromatic heterocycles. The van der Waals surface area contributed by atoms with Gasteiger partial charge in [0.25, 0.3) is 0 Å². The quantitative estimate of drug-likeness (QED) is 0.456. The molecule has 1 aromatic carbocycles. The Bertz CT molecular complexity index is 1230. The molecule has 0 radical (unpaired) electrons. The van der Waals surface area contributed by atoms with E-state index in [2.05, 4.69) is 27.4 Å². The summed E-state index contributed by atoms with van der Waals surface area (Å²) in [6, 6.07) is 11.5. The van der Waals surface area contributed by atoms with Gasteiger partial charge in [0, 0.05) is 17.6 Å². The Morgan fingerprint density at radius 3 is 2.97 bits per heavy atom. The summed E-state index contributed by atoms with van der Waals surface area (Å²) in [5.41, 5.74) is 10.2. The van der Waals surface area contributed by atoms with E-state index in [9.17, 15) is 0 Å². The first-order valence-electron chi connectivity index (χ1n) is 10.2. The number of benzene rings is 1. The molecule has 3 N–H and O–H groups in total. The smallest absolute Gasteiger partial charge is 0.162 e. The van der Waals surface area contributed by atoms with E-state index in [0.29, 0.717) is 24.2 Å². The minimum atomic E-state index is -0.121. The van der Waals surface area contributed by atoms with Crippen LogP contribution in [0.3, 0.4) is 0 Å². The topological polar surface area (TPSA) is 109 Å². The fourth-order valence-electron chi connectivity index (χ4n) is 4.01. The maximum absolute atomic E-state index is 6.34. The molecule has 0 bridgehead atoms. The Labute approximate surface area is 179 Å². The number of rotatable bonds is 6. The molecule has 0 spiro atoms. The van der Waals surface area contributed by atoms with Gasteiger partial charge < -0.3 is 19.8 Å². The fraction of sp³-hybridized carbons (Fsp3) is 0.318. The zero-order valence-corrected chi connectivity index (χ0v) is 17.4. The van der Waals surface area contributed by atoms with Crippen LogP contribution >= 0.6 is 0 Å². The molecule has 1 fully saturated rings. The number of fused-ring (bicyclic) bond motifs is 2. The summed E-state index contributed by atoms with van der Waals surface area (Å²) in [4.78, 5) is 18.0. The van der Waals surface area contributed by atoms with E-state index in [-0.39, 0.29) is 12.3 Å². The van der Waals surface area contributed by atoms with Crippen LogP contribution < -0.4 is 16.0 Å². The number of hydrogen-bond acceptors (Lipinski definition) is 8. The monoisotopic (exact) mass is 420 g/mol. The minimum absolute atomic E-state index is 0.0367. The lowest BCUT2D eigenvalue weighted by molar-refractivity contribution is -0.0224. The van der Waals surface area contributed by atoms with E-state index in [0.717, 1.165) is 34.1 Å². The molecule has 0 saturated carbocycles. The third-order valence-corrected chi connectivity index (χ3v) is 5.66. The molecule has 0 amide bonds. The van der Waals surface area contributed by atoms with Crippen molar-refractivity contribution in [2.45, 2.75) is 25.7 Å². The van der Waals surface area contributed by atoms with Crippen molar-refractivity contribution in [3.8, 4) is 5.75 Å². The normalized spacial score (nSPS) is 21.0. The SMILES string of the molecule is CONc1ncnc2c1ccn2C1CC(C)C(COc2ccc3ccc(N)nc3c2)O1. The molecule has 5 rings (SSSR count). The third kappa shape index (κ3) is 3.73. The van der Waals surface area contributed by atoms with Crippen LogP contribution in [0.1, 0.15) is 19.6 Å². The van der Waals surface area contributed by atoms with Crippen molar-refractivity contribution in [3.05, 3.63) is 48.9 Å². The summed E-state index contributed by atoms with van der Waals surface area (Å²) >= 11 is 0. The number of nitrogens with two attached hydrogens (primary N) is 1. The van der Waals surface area contributed by atoms with Crippen molar-refractivity contribution < 1.29 is 14.3 Å². The summed E-state index contributed by atoms with van der Waals surface area (Å²) < 4.78 is 14.4. The van der Waals surface area contributed by atoms with Gasteiger partial charge in [0.15, 0.2) is 5.82 Å². The van der Waals surface area contributed by atoms with Crippen LogP contribution in [-0.2, 0) is 9.57 Å². The summed E-state index contributed by atoms with van der Waals surface area (Å²) in [6.45, 7) is 2.63. The van der Waals surface area contributed by atoms with Gasteiger partial charge in [-0.05, 0) is 42.7 Å². The molecule has 31 heavy (non-hydrogen) atoms. The molecular formula is C22H24N6O3. The van der Waals surface area contributed by atoms with Gasteiger partial charge in [-0.25, -0.2) is 20.4 Å². The summed E-state index contributed by atoms with van der Waals surface area (Å²) in [5, 5.41) is 1.90. The molecule has 1 aliphatic rings. The van der Waals surface area contributed by atoms with Gasteiger partial charge >= 0.3 is 0 Å². The lowest BCUT2D eigenvalue weighted by Crippen LogP contribution is -2.23. The van der Waals surface area contributed by atoms with Crippen molar-refractivity contribution in [1.82, 2.24) is 19.5 Å². The maximum Gasteiger partial charge on any atom is 0.162 e. The summed E-state index contributed by atoms with van der Waals surface area (Å²) in [6.07, 6.45) is 4.19. The van der Waals surface area contributed by atoms with Gasteiger partial charge in [-0.1, -0.05) is 6.92 Å². The number of nitrogen functional groups attached to an aromatic ring is 1. The van der Waals surface area contributed by atoms with Crippen LogP contribution in [-0.4, -0.2) is 39.3 Å². The van der Waals surface area contributed by atoms with E-state index in [1.165, 1.54) is 6.33 Å². The highest BCUT2D eigenvalue weighted by Gasteiger charge is 2.34. The molecule has 3 atom stereocenters. The molecule has 4 aromatic rings. The number of anilines is 2. The van der Waals surface area contributed by atoms with Crippen molar-refractivity contribution in [2.75, 3.05) is 24.9 Å². The molecule has 9 nitrogen and oxygen atoms in total. The van der Waals surface area contributed by atoms with E-state index in [1.54, 1.807) is 13.2 Å². The summed E-state index contributed by atoms with van der Waals surface area (Å²) in [5.74, 6) is 2.20. The van der Waals surface area contributed by atoms with Crippen LogP contribution in [0.15, 0.2) is 48.9 Å². The van der Waals surface area contributed by atoms with Gasteiger partial charge in [-0.15, -0.1) is 0 Å². The first-order valence-corrected chi connectivity index (χ1v) is 10.2. The zero-order chi connectivity index (χ0) is 21.4. The number of pyridine rings is 1. The van der Waals surface area contributed by atoms with Crippen molar-refractivity contribution in [1.29, 1.82) is 0 Å². The first kappa shape index (κ1) is 19.5. The zero-order valence-electron chi connectivity index (χ0n) is 17.4. The van der Waals surface area contributed by atoms with Gasteiger partial charge in [0.2, 0.25) is 0 Å². The average Bonchev–Trinajstić information content (AvgIpc) is 3.36. The fourth-order valence-corrected chi connectivity index (χ4v) is 4.01. The largest absolute Gasteiger partial charge is 0.491 e. The molecule has 3 unspecified atom stereocenters. The highest BCUT2D eigenvalue weighted by Crippen LogP contribution is 2.36. The van der Waals surface area contributed by atoms with Crippen molar-refractivity contribution in [2.24, 2.45) is 5.92 Å². The lowest BCUT2D eigenvalue weighted by Gasteiger charge is -2.17. The average molecular weight is 420 g/mol.